The number of halogens is 1. The number of rotatable bonds is 2. The minimum Gasteiger partial charge on any atom is -0.478 e. The lowest BCUT2D eigenvalue weighted by atomic mass is 9.96. The summed E-state index contributed by atoms with van der Waals surface area (Å²) in [5.74, 6) is -1.10. The van der Waals surface area contributed by atoms with E-state index in [-0.39, 0.29) is 11.5 Å². The summed E-state index contributed by atoms with van der Waals surface area (Å²) < 4.78 is 0.786. The van der Waals surface area contributed by atoms with Gasteiger partial charge in [0.25, 0.3) is 0 Å². The van der Waals surface area contributed by atoms with Crippen molar-refractivity contribution in [2.45, 2.75) is 19.4 Å². The molecule has 0 radical (unpaired) electrons. The molecule has 2 N–H and O–H groups in total. The van der Waals surface area contributed by atoms with Crippen molar-refractivity contribution in [3.05, 3.63) is 28.2 Å². The average molecular weight is 327 g/mol. The smallest absolute Gasteiger partial charge is 0.337 e. The molecule has 102 valence electrons. The first-order valence-corrected chi connectivity index (χ1v) is 6.72. The fraction of sp³-hybridized carbons (Fsp3) is 0.385. The highest BCUT2D eigenvalue weighted by molar-refractivity contribution is 9.10. The van der Waals surface area contributed by atoms with E-state index in [1.807, 2.05) is 4.90 Å². The Balaban J connectivity index is 2.54. The highest BCUT2D eigenvalue weighted by Gasteiger charge is 2.39. The summed E-state index contributed by atoms with van der Waals surface area (Å²) in [5, 5.41) is 12.1. The molecule has 1 saturated heterocycles. The van der Waals surface area contributed by atoms with Gasteiger partial charge < -0.3 is 15.3 Å². The highest BCUT2D eigenvalue weighted by atomic mass is 79.9. The van der Waals surface area contributed by atoms with Gasteiger partial charge >= 0.3 is 5.97 Å². The Hall–Kier alpha value is -1.56. The maximum Gasteiger partial charge on any atom is 0.337 e. The number of nitrogens with zero attached hydrogens (tertiary/aromatic N) is 1. The molecule has 0 saturated carbocycles. The number of anilines is 1. The Labute approximate surface area is 119 Å². The predicted molar refractivity (Wildman–Crippen MR) is 75.5 cm³/mol. The van der Waals surface area contributed by atoms with Crippen LogP contribution in [0.1, 0.15) is 24.2 Å². The van der Waals surface area contributed by atoms with Crippen molar-refractivity contribution in [2.24, 2.45) is 0 Å². The van der Waals surface area contributed by atoms with Gasteiger partial charge in [0.2, 0.25) is 5.91 Å². The van der Waals surface area contributed by atoms with Crippen molar-refractivity contribution in [3.8, 4) is 0 Å². The zero-order valence-electron chi connectivity index (χ0n) is 10.7. The summed E-state index contributed by atoms with van der Waals surface area (Å²) in [5.41, 5.74) is -0.0174. The van der Waals surface area contributed by atoms with Crippen molar-refractivity contribution in [1.29, 1.82) is 0 Å². The van der Waals surface area contributed by atoms with Gasteiger partial charge in [-0.25, -0.2) is 4.79 Å². The monoisotopic (exact) mass is 326 g/mol. The van der Waals surface area contributed by atoms with Gasteiger partial charge in [0.15, 0.2) is 0 Å². The van der Waals surface area contributed by atoms with E-state index in [9.17, 15) is 14.7 Å². The largest absolute Gasteiger partial charge is 0.478 e. The van der Waals surface area contributed by atoms with E-state index >= 15 is 0 Å². The lowest BCUT2D eigenvalue weighted by Crippen LogP contribution is -2.62. The van der Waals surface area contributed by atoms with Crippen molar-refractivity contribution >= 4 is 33.5 Å². The number of hydrogen-bond acceptors (Lipinski definition) is 3. The summed E-state index contributed by atoms with van der Waals surface area (Å²) in [6.07, 6.45) is 0. The number of carboxylic acids is 1. The predicted octanol–water partition coefficient (Wildman–Crippen LogP) is 1.86. The van der Waals surface area contributed by atoms with Gasteiger partial charge in [-0.3, -0.25) is 4.79 Å². The maximum atomic E-state index is 12.0. The molecule has 1 aromatic carbocycles. The maximum absolute atomic E-state index is 12.0. The molecule has 2 rings (SSSR count). The second kappa shape index (κ2) is 4.85. The highest BCUT2D eigenvalue weighted by Crippen LogP contribution is 2.31. The molecule has 19 heavy (non-hydrogen) atoms. The van der Waals surface area contributed by atoms with Crippen LogP contribution in [0.2, 0.25) is 0 Å². The standard InChI is InChI=1S/C13H15BrN2O3/c1-13(2)12(19)15-5-6-16(13)10-7-8(14)3-4-9(10)11(17)18/h3-4,7H,5-6H2,1-2H3,(H,15,19)(H,17,18). The molecule has 0 atom stereocenters. The molecular formula is C13H15BrN2O3. The molecule has 1 aliphatic rings. The second-order valence-corrected chi connectivity index (χ2v) is 5.85. The van der Waals surface area contributed by atoms with Gasteiger partial charge in [0, 0.05) is 17.6 Å². The van der Waals surface area contributed by atoms with E-state index in [0.717, 1.165) is 4.47 Å². The molecule has 1 fully saturated rings. The third kappa shape index (κ3) is 2.45. The van der Waals surface area contributed by atoms with Crippen LogP contribution in [0.3, 0.4) is 0 Å². The molecule has 1 aliphatic heterocycles. The van der Waals surface area contributed by atoms with Crippen LogP contribution in [0, 0.1) is 0 Å². The third-order valence-corrected chi connectivity index (χ3v) is 3.83. The fourth-order valence-corrected chi connectivity index (χ4v) is 2.58. The van der Waals surface area contributed by atoms with Crippen LogP contribution in [0.4, 0.5) is 5.69 Å². The number of carbonyl (C=O) groups excluding carboxylic acids is 1. The Morgan fingerprint density at radius 1 is 1.47 bits per heavy atom. The molecule has 0 aliphatic carbocycles. The third-order valence-electron chi connectivity index (χ3n) is 3.33. The summed E-state index contributed by atoms with van der Waals surface area (Å²) in [7, 11) is 0. The first kappa shape index (κ1) is 13.9. The van der Waals surface area contributed by atoms with Gasteiger partial charge in [-0.15, -0.1) is 0 Å². The SMILES string of the molecule is CC1(C)C(=O)NCCN1c1cc(Br)ccc1C(=O)O. The van der Waals surface area contributed by atoms with Gasteiger partial charge in [0.05, 0.1) is 11.3 Å². The zero-order valence-corrected chi connectivity index (χ0v) is 12.3. The topological polar surface area (TPSA) is 69.6 Å². The molecule has 0 bridgehead atoms. The lowest BCUT2D eigenvalue weighted by Gasteiger charge is -2.43. The Morgan fingerprint density at radius 2 is 2.16 bits per heavy atom. The van der Waals surface area contributed by atoms with Crippen LogP contribution in [0.5, 0.6) is 0 Å². The minimum atomic E-state index is -0.996. The second-order valence-electron chi connectivity index (χ2n) is 4.93. The van der Waals surface area contributed by atoms with E-state index in [1.54, 1.807) is 32.0 Å². The van der Waals surface area contributed by atoms with Gasteiger partial charge in [-0.2, -0.15) is 0 Å². The van der Waals surface area contributed by atoms with Crippen molar-refractivity contribution < 1.29 is 14.7 Å². The zero-order chi connectivity index (χ0) is 14.2. The van der Waals surface area contributed by atoms with Crippen LogP contribution in [0.25, 0.3) is 0 Å². The van der Waals surface area contributed by atoms with Crippen LogP contribution in [-0.4, -0.2) is 35.6 Å². The van der Waals surface area contributed by atoms with Crippen molar-refractivity contribution in [1.82, 2.24) is 5.32 Å². The summed E-state index contributed by atoms with van der Waals surface area (Å²) >= 11 is 3.34. The first-order valence-electron chi connectivity index (χ1n) is 5.93. The van der Waals surface area contributed by atoms with Crippen molar-refractivity contribution in [3.63, 3.8) is 0 Å². The Morgan fingerprint density at radius 3 is 2.79 bits per heavy atom. The average Bonchev–Trinajstić information content (AvgIpc) is 2.32. The van der Waals surface area contributed by atoms with E-state index < -0.39 is 11.5 Å². The van der Waals surface area contributed by atoms with E-state index in [4.69, 9.17) is 0 Å². The molecule has 0 aromatic heterocycles. The molecule has 1 aromatic rings. The number of nitrogens with one attached hydrogen (secondary N) is 1. The van der Waals surface area contributed by atoms with Crippen molar-refractivity contribution in [2.75, 3.05) is 18.0 Å². The molecule has 0 unspecified atom stereocenters. The quantitative estimate of drug-likeness (QED) is 0.870. The number of benzene rings is 1. The van der Waals surface area contributed by atoms with Gasteiger partial charge in [-0.05, 0) is 32.0 Å². The fourth-order valence-electron chi connectivity index (χ4n) is 2.23. The summed E-state index contributed by atoms with van der Waals surface area (Å²) in [6.45, 7) is 4.66. The molecule has 1 amide bonds. The van der Waals surface area contributed by atoms with Crippen LogP contribution < -0.4 is 10.2 Å². The van der Waals surface area contributed by atoms with E-state index in [2.05, 4.69) is 21.2 Å². The van der Waals surface area contributed by atoms with E-state index in [1.165, 1.54) is 0 Å². The van der Waals surface area contributed by atoms with Gasteiger partial charge in [0.1, 0.15) is 5.54 Å². The molecule has 6 heteroatoms. The van der Waals surface area contributed by atoms with Gasteiger partial charge in [-0.1, -0.05) is 15.9 Å². The molecular weight excluding hydrogens is 312 g/mol. The first-order chi connectivity index (χ1) is 8.84. The minimum absolute atomic E-state index is 0.102. The number of aromatic carboxylic acids is 1. The number of carbonyl (C=O) groups is 2. The van der Waals surface area contributed by atoms with Crippen LogP contribution in [0.15, 0.2) is 22.7 Å². The lowest BCUT2D eigenvalue weighted by molar-refractivity contribution is -0.126. The Bertz CT molecular complexity index is 543. The molecule has 0 spiro atoms. The van der Waals surface area contributed by atoms with Crippen LogP contribution >= 0.6 is 15.9 Å². The van der Waals surface area contributed by atoms with Crippen LogP contribution in [-0.2, 0) is 4.79 Å². The summed E-state index contributed by atoms with van der Waals surface area (Å²) in [4.78, 5) is 25.1. The number of carboxylic acid groups (broad SMARTS) is 1. The molecule has 5 nitrogen and oxygen atoms in total. The Kier molecular flexibility index (Phi) is 3.54. The summed E-state index contributed by atoms with van der Waals surface area (Å²) in [6, 6.07) is 4.97. The molecule has 1 heterocycles. The van der Waals surface area contributed by atoms with E-state index in [0.29, 0.717) is 18.8 Å². The number of amides is 1. The number of piperazine rings is 1. The number of hydrogen-bond donors (Lipinski definition) is 2. The normalized spacial score (nSPS) is 18.1.